The van der Waals surface area contributed by atoms with Crippen molar-refractivity contribution in [1.82, 2.24) is 14.9 Å². The van der Waals surface area contributed by atoms with Crippen molar-refractivity contribution in [3.8, 4) is 0 Å². The molecular weight excluding hydrogens is 269 g/mol. The number of fused-ring (bicyclic) bond motifs is 1. The van der Waals surface area contributed by atoms with Gasteiger partial charge in [0, 0.05) is 37.8 Å². The van der Waals surface area contributed by atoms with Gasteiger partial charge in [0.15, 0.2) is 0 Å². The van der Waals surface area contributed by atoms with E-state index in [9.17, 15) is 9.18 Å². The first-order valence-electron chi connectivity index (χ1n) is 7.24. The molecule has 5 heteroatoms. The molecule has 1 unspecified atom stereocenters. The monoisotopic (exact) mass is 287 g/mol. The van der Waals surface area contributed by atoms with Crippen molar-refractivity contribution in [3.63, 3.8) is 0 Å². The van der Waals surface area contributed by atoms with Crippen LogP contribution in [0, 0.1) is 5.82 Å². The average Bonchev–Trinajstić information content (AvgIpc) is 2.93. The van der Waals surface area contributed by atoms with Crippen LogP contribution in [0.25, 0.3) is 0 Å². The molecule has 0 bridgehead atoms. The number of halogens is 1. The summed E-state index contributed by atoms with van der Waals surface area (Å²) in [5.41, 5.74) is 0.852. The van der Waals surface area contributed by atoms with Crippen molar-refractivity contribution < 1.29 is 9.18 Å². The summed E-state index contributed by atoms with van der Waals surface area (Å²) in [7, 11) is 0. The van der Waals surface area contributed by atoms with E-state index in [-0.39, 0.29) is 17.8 Å². The molecule has 1 N–H and O–H groups in total. The fourth-order valence-electron chi connectivity index (χ4n) is 2.73. The second-order valence-electron chi connectivity index (χ2n) is 5.43. The van der Waals surface area contributed by atoms with E-state index in [2.05, 4.69) is 14.9 Å². The number of aromatic nitrogens is 2. The Morgan fingerprint density at radius 2 is 2.38 bits per heavy atom. The Kier molecular flexibility index (Phi) is 3.99. The third-order valence-corrected chi connectivity index (χ3v) is 3.83. The summed E-state index contributed by atoms with van der Waals surface area (Å²) in [5.74, 6) is 0.848. The number of hydrogen-bond acceptors (Lipinski definition) is 2. The van der Waals surface area contributed by atoms with Crippen LogP contribution in [0.5, 0.6) is 0 Å². The maximum absolute atomic E-state index is 13.1. The third kappa shape index (κ3) is 3.48. The highest BCUT2D eigenvalue weighted by Crippen LogP contribution is 2.13. The van der Waals surface area contributed by atoms with Crippen LogP contribution in [-0.2, 0) is 24.2 Å². The molecule has 1 aliphatic rings. The van der Waals surface area contributed by atoms with Crippen LogP contribution in [0.4, 0.5) is 4.39 Å². The Labute approximate surface area is 123 Å². The van der Waals surface area contributed by atoms with Crippen LogP contribution in [0.3, 0.4) is 0 Å². The largest absolute Gasteiger partial charge is 0.352 e. The van der Waals surface area contributed by atoms with Gasteiger partial charge in [0.2, 0.25) is 5.91 Å². The average molecular weight is 287 g/mol. The van der Waals surface area contributed by atoms with Gasteiger partial charge in [-0.2, -0.15) is 0 Å². The van der Waals surface area contributed by atoms with Gasteiger partial charge in [-0.05, 0) is 30.5 Å². The molecule has 0 spiro atoms. The van der Waals surface area contributed by atoms with E-state index in [1.54, 1.807) is 12.3 Å². The molecule has 1 atom stereocenters. The van der Waals surface area contributed by atoms with Gasteiger partial charge >= 0.3 is 0 Å². The van der Waals surface area contributed by atoms with Crippen molar-refractivity contribution in [1.29, 1.82) is 0 Å². The normalized spacial score (nSPS) is 17.3. The van der Waals surface area contributed by atoms with Gasteiger partial charge in [0.1, 0.15) is 11.6 Å². The summed E-state index contributed by atoms with van der Waals surface area (Å²) in [6.45, 7) is 0.779. The summed E-state index contributed by atoms with van der Waals surface area (Å²) in [6, 6.07) is 6.56. The second-order valence-corrected chi connectivity index (χ2v) is 5.43. The third-order valence-electron chi connectivity index (χ3n) is 3.83. The first-order valence-corrected chi connectivity index (χ1v) is 7.24. The van der Waals surface area contributed by atoms with Crippen molar-refractivity contribution in [2.75, 3.05) is 0 Å². The zero-order chi connectivity index (χ0) is 14.7. The molecule has 0 saturated carbocycles. The van der Waals surface area contributed by atoms with Gasteiger partial charge in [-0.15, -0.1) is 0 Å². The first-order chi connectivity index (χ1) is 10.2. The molecule has 2 aromatic rings. The lowest BCUT2D eigenvalue weighted by atomic mass is 10.1. The fourth-order valence-corrected chi connectivity index (χ4v) is 2.73. The van der Waals surface area contributed by atoms with Crippen molar-refractivity contribution >= 4 is 5.91 Å². The summed E-state index contributed by atoms with van der Waals surface area (Å²) in [5, 5.41) is 3.05. The van der Waals surface area contributed by atoms with E-state index >= 15 is 0 Å². The van der Waals surface area contributed by atoms with Crippen LogP contribution in [0.15, 0.2) is 36.7 Å². The van der Waals surface area contributed by atoms with E-state index in [4.69, 9.17) is 0 Å². The molecule has 4 nitrogen and oxygen atoms in total. The number of carbonyl (C=O) groups is 1. The van der Waals surface area contributed by atoms with Crippen LogP contribution in [-0.4, -0.2) is 21.5 Å². The molecule has 110 valence electrons. The van der Waals surface area contributed by atoms with E-state index in [0.717, 1.165) is 30.8 Å². The molecule has 21 heavy (non-hydrogen) atoms. The van der Waals surface area contributed by atoms with Gasteiger partial charge in [-0.1, -0.05) is 12.1 Å². The lowest BCUT2D eigenvalue weighted by Crippen LogP contribution is -2.40. The highest BCUT2D eigenvalue weighted by Gasteiger charge is 2.20. The second kappa shape index (κ2) is 6.08. The Morgan fingerprint density at radius 1 is 1.48 bits per heavy atom. The summed E-state index contributed by atoms with van der Waals surface area (Å²) in [4.78, 5) is 16.3. The predicted molar refractivity (Wildman–Crippen MR) is 77.2 cm³/mol. The molecular formula is C16H18FN3O. The van der Waals surface area contributed by atoms with Gasteiger partial charge in [-0.3, -0.25) is 4.79 Å². The van der Waals surface area contributed by atoms with Crippen LogP contribution < -0.4 is 5.32 Å². The minimum atomic E-state index is -0.257. The number of carbonyl (C=O) groups excluding carboxylic acids is 1. The highest BCUT2D eigenvalue weighted by atomic mass is 19.1. The first kappa shape index (κ1) is 13.8. The van der Waals surface area contributed by atoms with E-state index in [0.29, 0.717) is 12.8 Å². The van der Waals surface area contributed by atoms with Crippen molar-refractivity contribution in [3.05, 3.63) is 53.9 Å². The Balaban J connectivity index is 1.49. The maximum Gasteiger partial charge on any atom is 0.220 e. The predicted octanol–water partition coefficient (Wildman–Crippen LogP) is 2.09. The summed E-state index contributed by atoms with van der Waals surface area (Å²) >= 11 is 0. The lowest BCUT2D eigenvalue weighted by molar-refractivity contribution is -0.122. The van der Waals surface area contributed by atoms with E-state index < -0.39 is 0 Å². The molecule has 0 aliphatic carbocycles. The molecule has 1 aromatic carbocycles. The van der Waals surface area contributed by atoms with Crippen molar-refractivity contribution in [2.24, 2.45) is 0 Å². The quantitative estimate of drug-likeness (QED) is 0.936. The van der Waals surface area contributed by atoms with Crippen LogP contribution in [0.1, 0.15) is 24.2 Å². The fraction of sp³-hybridized carbons (Fsp3) is 0.375. The molecule has 0 saturated heterocycles. The summed E-state index contributed by atoms with van der Waals surface area (Å²) in [6.07, 6.45) is 6.50. The zero-order valence-corrected chi connectivity index (χ0v) is 11.8. The van der Waals surface area contributed by atoms with E-state index in [1.165, 1.54) is 12.1 Å². The van der Waals surface area contributed by atoms with Crippen molar-refractivity contribution in [2.45, 2.75) is 38.3 Å². The number of hydrogen-bond donors (Lipinski definition) is 1. The van der Waals surface area contributed by atoms with Gasteiger partial charge in [0.05, 0.1) is 0 Å². The Bertz CT molecular complexity index is 638. The smallest absolute Gasteiger partial charge is 0.220 e. The minimum Gasteiger partial charge on any atom is -0.352 e. The molecule has 3 rings (SSSR count). The molecule has 1 amide bonds. The Hall–Kier alpha value is -2.17. The minimum absolute atomic E-state index is 0.0211. The number of aryl methyl sites for hydroxylation is 2. The Morgan fingerprint density at radius 3 is 3.24 bits per heavy atom. The molecule has 0 radical (unpaired) electrons. The van der Waals surface area contributed by atoms with Crippen LogP contribution in [0.2, 0.25) is 0 Å². The molecule has 1 aliphatic heterocycles. The topological polar surface area (TPSA) is 46.9 Å². The van der Waals surface area contributed by atoms with Crippen LogP contribution >= 0.6 is 0 Å². The highest BCUT2D eigenvalue weighted by molar-refractivity contribution is 5.76. The van der Waals surface area contributed by atoms with Gasteiger partial charge in [-0.25, -0.2) is 9.37 Å². The molecule has 2 heterocycles. The lowest BCUT2D eigenvalue weighted by Gasteiger charge is -2.24. The zero-order valence-electron chi connectivity index (χ0n) is 11.8. The molecule has 0 fully saturated rings. The number of amides is 1. The van der Waals surface area contributed by atoms with Gasteiger partial charge < -0.3 is 9.88 Å². The number of nitrogens with zero attached hydrogens (tertiary/aromatic N) is 2. The standard InChI is InChI=1S/C16H18FN3O/c17-13-3-1-2-12(10-13)4-7-16(21)19-14-5-6-15-18-8-9-20(15)11-14/h1-3,8-10,14H,4-7,11H2,(H,19,21). The number of nitrogens with one attached hydrogen (secondary N) is 1. The number of rotatable bonds is 4. The maximum atomic E-state index is 13.1. The number of benzene rings is 1. The van der Waals surface area contributed by atoms with Gasteiger partial charge in [0.25, 0.3) is 0 Å². The van der Waals surface area contributed by atoms with E-state index in [1.807, 2.05) is 12.3 Å². The summed E-state index contributed by atoms with van der Waals surface area (Å²) < 4.78 is 15.1. The number of imidazole rings is 1. The molecule has 1 aromatic heterocycles. The SMILES string of the molecule is O=C(CCc1cccc(F)c1)NC1CCc2nccn2C1.